The molecule has 9 heteroatoms. The van der Waals surface area contributed by atoms with Crippen LogP contribution in [-0.4, -0.2) is 15.8 Å². The fraction of sp³-hybridized carbons (Fsp3) is 0.176. The molecule has 0 fully saturated rings. The highest BCUT2D eigenvalue weighted by Gasteiger charge is 2.30. The Hall–Kier alpha value is -4.34. The van der Waals surface area contributed by atoms with E-state index in [9.17, 15) is 22.4 Å². The van der Waals surface area contributed by atoms with Gasteiger partial charge < -0.3 is 5.32 Å². The molecule has 4 aromatic carbocycles. The van der Waals surface area contributed by atoms with Gasteiger partial charge in [-0.3, -0.25) is 9.69 Å². The number of hydrogen-bond donors (Lipinski definition) is 1. The van der Waals surface area contributed by atoms with Gasteiger partial charge in [0.25, 0.3) is 5.91 Å². The van der Waals surface area contributed by atoms with E-state index in [-0.39, 0.29) is 36.5 Å². The van der Waals surface area contributed by atoms with Crippen LogP contribution in [0.25, 0.3) is 0 Å². The van der Waals surface area contributed by atoms with Crippen molar-refractivity contribution in [2.24, 2.45) is 0 Å². The number of thiazole rings is 1. The Balaban J connectivity index is 1.33. The minimum absolute atomic E-state index is 0.204. The maximum Gasteiger partial charge on any atom is 0.416 e. The largest absolute Gasteiger partial charge is 0.416 e. The summed E-state index contributed by atoms with van der Waals surface area (Å²) in [5.41, 5.74) is 2.90. The molecule has 0 saturated heterocycles. The lowest BCUT2D eigenvalue weighted by Crippen LogP contribution is -2.30. The molecule has 0 aliphatic carbocycles. The number of hydrogen-bond acceptors (Lipinski definition) is 4. The molecule has 0 unspecified atom stereocenters. The normalized spacial score (nSPS) is 12.3. The molecule has 1 N–H and O–H groups in total. The molecule has 220 valence electrons. The van der Waals surface area contributed by atoms with Gasteiger partial charge in [0.05, 0.1) is 18.2 Å². The van der Waals surface area contributed by atoms with Gasteiger partial charge in [-0.25, -0.2) is 9.37 Å². The zero-order chi connectivity index (χ0) is 30.2. The van der Waals surface area contributed by atoms with E-state index in [1.54, 1.807) is 23.6 Å². The van der Waals surface area contributed by atoms with Crippen LogP contribution < -0.4 is 5.32 Å². The monoisotopic (exact) mass is 603 g/mol. The molecule has 1 aromatic heterocycles. The first-order valence-corrected chi connectivity index (χ1v) is 14.6. The van der Waals surface area contributed by atoms with Crippen molar-refractivity contribution >= 4 is 17.2 Å². The first kappa shape index (κ1) is 30.1. The van der Waals surface area contributed by atoms with Crippen molar-refractivity contribution in [1.82, 2.24) is 15.2 Å². The van der Waals surface area contributed by atoms with Crippen LogP contribution in [0.2, 0.25) is 0 Å². The van der Waals surface area contributed by atoms with Crippen molar-refractivity contribution in [3.63, 3.8) is 0 Å². The average molecular weight is 604 g/mol. The summed E-state index contributed by atoms with van der Waals surface area (Å²) in [6.07, 6.45) is -3.84. The second kappa shape index (κ2) is 13.8. The quantitative estimate of drug-likeness (QED) is 0.155. The SMILES string of the molecule is O=C(N[C@@H](Cc1ccccc1)c1ccccc1)c1csc(CN(Cc2ccc(F)cc2)Cc2cccc(C(F)(F)F)c2)n1. The predicted octanol–water partition coefficient (Wildman–Crippen LogP) is 8.22. The lowest BCUT2D eigenvalue weighted by Gasteiger charge is -2.22. The van der Waals surface area contributed by atoms with Crippen molar-refractivity contribution in [3.05, 3.63) is 159 Å². The molecule has 0 aliphatic rings. The summed E-state index contributed by atoms with van der Waals surface area (Å²) in [6, 6.07) is 30.6. The summed E-state index contributed by atoms with van der Waals surface area (Å²) in [4.78, 5) is 19.8. The van der Waals surface area contributed by atoms with Crippen molar-refractivity contribution in [1.29, 1.82) is 0 Å². The maximum atomic E-state index is 13.5. The highest BCUT2D eigenvalue weighted by atomic mass is 32.1. The van der Waals surface area contributed by atoms with Crippen molar-refractivity contribution in [2.45, 2.75) is 38.3 Å². The Morgan fingerprint density at radius 3 is 2.14 bits per heavy atom. The van der Waals surface area contributed by atoms with Crippen LogP contribution in [0.15, 0.2) is 115 Å². The third-order valence-electron chi connectivity index (χ3n) is 6.91. The van der Waals surface area contributed by atoms with E-state index < -0.39 is 11.7 Å². The number of halogens is 4. The number of aromatic nitrogens is 1. The Morgan fingerprint density at radius 1 is 0.791 bits per heavy atom. The third-order valence-corrected chi connectivity index (χ3v) is 7.75. The number of benzene rings is 4. The van der Waals surface area contributed by atoms with Crippen molar-refractivity contribution in [2.75, 3.05) is 0 Å². The van der Waals surface area contributed by atoms with Crippen LogP contribution in [0.1, 0.15) is 49.4 Å². The van der Waals surface area contributed by atoms with Crippen LogP contribution in [0.4, 0.5) is 17.6 Å². The minimum atomic E-state index is -4.45. The summed E-state index contributed by atoms with van der Waals surface area (Å²) in [7, 11) is 0. The second-order valence-corrected chi connectivity index (χ2v) is 11.2. The van der Waals surface area contributed by atoms with Gasteiger partial charge in [-0.05, 0) is 46.9 Å². The minimum Gasteiger partial charge on any atom is -0.344 e. The number of carbonyl (C=O) groups is 1. The highest BCUT2D eigenvalue weighted by molar-refractivity contribution is 7.09. The molecule has 43 heavy (non-hydrogen) atoms. The Morgan fingerprint density at radius 2 is 1.44 bits per heavy atom. The van der Waals surface area contributed by atoms with Gasteiger partial charge in [-0.2, -0.15) is 13.2 Å². The van der Waals surface area contributed by atoms with Crippen molar-refractivity contribution in [3.8, 4) is 0 Å². The third kappa shape index (κ3) is 8.59. The first-order valence-electron chi connectivity index (χ1n) is 13.7. The van der Waals surface area contributed by atoms with Crippen LogP contribution in [-0.2, 0) is 32.2 Å². The van der Waals surface area contributed by atoms with E-state index >= 15 is 0 Å². The molecule has 1 heterocycles. The van der Waals surface area contributed by atoms with Crippen LogP contribution >= 0.6 is 11.3 Å². The Bertz CT molecular complexity index is 1620. The molecular weight excluding hydrogens is 574 g/mol. The summed E-state index contributed by atoms with van der Waals surface area (Å²) >= 11 is 1.31. The summed E-state index contributed by atoms with van der Waals surface area (Å²) < 4.78 is 53.5. The van der Waals surface area contributed by atoms with E-state index in [2.05, 4.69) is 10.3 Å². The maximum absolute atomic E-state index is 13.5. The van der Waals surface area contributed by atoms with E-state index in [0.29, 0.717) is 23.5 Å². The second-order valence-electron chi connectivity index (χ2n) is 10.2. The number of nitrogens with zero attached hydrogens (tertiary/aromatic N) is 2. The molecule has 5 aromatic rings. The predicted molar refractivity (Wildman–Crippen MR) is 160 cm³/mol. The lowest BCUT2D eigenvalue weighted by atomic mass is 9.99. The highest BCUT2D eigenvalue weighted by Crippen LogP contribution is 2.30. The van der Waals surface area contributed by atoms with Gasteiger partial charge in [0.1, 0.15) is 16.5 Å². The van der Waals surface area contributed by atoms with Crippen molar-refractivity contribution < 1.29 is 22.4 Å². The van der Waals surface area contributed by atoms with Crippen LogP contribution in [0.5, 0.6) is 0 Å². The van der Waals surface area contributed by atoms with Crippen LogP contribution in [0, 0.1) is 5.82 Å². The number of rotatable bonds is 11. The molecule has 0 bridgehead atoms. The number of alkyl halides is 3. The standard InChI is InChI=1S/C34H29F4N3OS/c35-29-16-14-25(15-17-29)20-41(21-26-10-7-13-28(18-26)34(36,37)38)22-32-39-31(23-43-32)33(42)40-30(27-11-5-2-6-12-27)19-24-8-3-1-4-9-24/h1-18,23,30H,19-22H2,(H,40,42)/t30-/m0/s1. The first-order chi connectivity index (χ1) is 20.7. The Kier molecular flexibility index (Phi) is 9.64. The number of carbonyl (C=O) groups excluding carboxylic acids is 1. The van der Waals surface area contributed by atoms with Gasteiger partial charge >= 0.3 is 6.18 Å². The van der Waals surface area contributed by atoms with E-state index in [4.69, 9.17) is 0 Å². The zero-order valence-corrected chi connectivity index (χ0v) is 23.9. The molecule has 4 nitrogen and oxygen atoms in total. The molecule has 1 atom stereocenters. The smallest absolute Gasteiger partial charge is 0.344 e. The van der Waals surface area contributed by atoms with E-state index in [0.717, 1.165) is 28.8 Å². The molecule has 0 radical (unpaired) electrons. The van der Waals surface area contributed by atoms with Crippen LogP contribution in [0.3, 0.4) is 0 Å². The van der Waals surface area contributed by atoms with E-state index in [1.165, 1.54) is 29.5 Å². The summed E-state index contributed by atoms with van der Waals surface area (Å²) in [5.74, 6) is -0.680. The topological polar surface area (TPSA) is 45.2 Å². The molecule has 0 saturated carbocycles. The zero-order valence-electron chi connectivity index (χ0n) is 23.1. The van der Waals surface area contributed by atoms with E-state index in [1.807, 2.05) is 65.6 Å². The van der Waals surface area contributed by atoms with Gasteiger partial charge in [0, 0.05) is 18.5 Å². The molecular formula is C34H29F4N3OS. The number of amides is 1. The fourth-order valence-corrected chi connectivity index (χ4v) is 5.63. The Labute approximate surface area is 251 Å². The molecule has 1 amide bonds. The number of nitrogens with one attached hydrogen (secondary N) is 1. The lowest BCUT2D eigenvalue weighted by molar-refractivity contribution is -0.137. The fourth-order valence-electron chi connectivity index (χ4n) is 4.82. The van der Waals surface area contributed by atoms with Gasteiger partial charge in [0.2, 0.25) is 0 Å². The summed E-state index contributed by atoms with van der Waals surface area (Å²) in [5, 5.41) is 5.45. The average Bonchev–Trinajstić information content (AvgIpc) is 3.47. The molecule has 0 spiro atoms. The van der Waals surface area contributed by atoms with Gasteiger partial charge in [0.15, 0.2) is 0 Å². The van der Waals surface area contributed by atoms with Gasteiger partial charge in [-0.1, -0.05) is 91.0 Å². The van der Waals surface area contributed by atoms with Gasteiger partial charge in [-0.15, -0.1) is 11.3 Å². The summed E-state index contributed by atoms with van der Waals surface area (Å²) in [6.45, 7) is 0.845. The molecule has 5 rings (SSSR count). The molecule has 0 aliphatic heterocycles.